The zero-order valence-corrected chi connectivity index (χ0v) is 8.40. The van der Waals surface area contributed by atoms with Gasteiger partial charge in [-0.3, -0.25) is 0 Å². The van der Waals surface area contributed by atoms with Crippen molar-refractivity contribution in [3.63, 3.8) is 0 Å². The Labute approximate surface area is 79.9 Å². The van der Waals surface area contributed by atoms with Crippen LogP contribution in [0.3, 0.4) is 0 Å². The summed E-state index contributed by atoms with van der Waals surface area (Å²) >= 11 is 5.53. The van der Waals surface area contributed by atoms with E-state index in [0.29, 0.717) is 18.2 Å². The molecule has 0 spiro atoms. The first-order chi connectivity index (χ1) is 5.45. The number of hydrogen-bond acceptors (Lipinski definition) is 1. The number of rotatable bonds is 5. The molecular formula is C7H12ClF3S. The molecule has 0 aromatic rings. The molecule has 0 aromatic carbocycles. The summed E-state index contributed by atoms with van der Waals surface area (Å²) < 4.78 is 34.8. The van der Waals surface area contributed by atoms with Gasteiger partial charge < -0.3 is 0 Å². The highest BCUT2D eigenvalue weighted by Gasteiger charge is 2.27. The van der Waals surface area contributed by atoms with Gasteiger partial charge in [-0.2, -0.15) is 13.2 Å². The molecule has 0 rings (SSSR count). The maximum atomic E-state index is 11.6. The van der Waals surface area contributed by atoms with E-state index in [0.717, 1.165) is 6.42 Å². The van der Waals surface area contributed by atoms with E-state index in [2.05, 4.69) is 0 Å². The number of alkyl halides is 4. The summed E-state index contributed by atoms with van der Waals surface area (Å²) in [5.41, 5.74) is -4.08. The first-order valence-electron chi connectivity index (χ1n) is 3.72. The number of thioether (sulfide) groups is 1. The molecule has 0 saturated heterocycles. The third kappa shape index (κ3) is 8.53. The average molecular weight is 221 g/mol. The molecule has 0 N–H and O–H groups in total. The number of halogens is 4. The number of hydrogen-bond donors (Lipinski definition) is 0. The van der Waals surface area contributed by atoms with Crippen molar-refractivity contribution in [2.24, 2.45) is 5.92 Å². The zero-order chi connectivity index (χ0) is 9.61. The lowest BCUT2D eigenvalue weighted by Gasteiger charge is -2.07. The standard InChI is InChI=1S/C7H12ClF3S/c1-6(5-8)3-2-4-12-7(9,10)11/h6H,2-5H2,1H3. The van der Waals surface area contributed by atoms with E-state index in [1.807, 2.05) is 6.92 Å². The Morgan fingerprint density at radius 1 is 1.42 bits per heavy atom. The van der Waals surface area contributed by atoms with Crippen LogP contribution in [0.25, 0.3) is 0 Å². The van der Waals surface area contributed by atoms with E-state index in [1.54, 1.807) is 0 Å². The summed E-state index contributed by atoms with van der Waals surface area (Å²) in [5.74, 6) is 0.988. The first-order valence-corrected chi connectivity index (χ1v) is 5.24. The van der Waals surface area contributed by atoms with Crippen molar-refractivity contribution in [3.8, 4) is 0 Å². The molecule has 0 radical (unpaired) electrons. The van der Waals surface area contributed by atoms with E-state index in [4.69, 9.17) is 11.6 Å². The fraction of sp³-hybridized carbons (Fsp3) is 1.00. The summed E-state index contributed by atoms with van der Waals surface area (Å²) in [6.07, 6.45) is 1.35. The fourth-order valence-electron chi connectivity index (χ4n) is 0.697. The smallest absolute Gasteiger partial charge is 0.160 e. The summed E-state index contributed by atoms with van der Waals surface area (Å²) in [6.45, 7) is 1.94. The molecule has 0 amide bonds. The SMILES string of the molecule is CC(CCl)CCCSC(F)(F)F. The van der Waals surface area contributed by atoms with Crippen molar-refractivity contribution in [2.45, 2.75) is 25.3 Å². The maximum Gasteiger partial charge on any atom is 0.441 e. The minimum Gasteiger partial charge on any atom is -0.160 e. The molecule has 1 unspecified atom stereocenters. The monoisotopic (exact) mass is 220 g/mol. The first kappa shape index (κ1) is 12.4. The van der Waals surface area contributed by atoms with Gasteiger partial charge in [0, 0.05) is 11.6 Å². The maximum absolute atomic E-state index is 11.6. The van der Waals surface area contributed by atoms with Gasteiger partial charge in [0.2, 0.25) is 0 Å². The van der Waals surface area contributed by atoms with E-state index in [-0.39, 0.29) is 17.5 Å². The lowest BCUT2D eigenvalue weighted by Crippen LogP contribution is -2.03. The van der Waals surface area contributed by atoms with E-state index < -0.39 is 5.51 Å². The van der Waals surface area contributed by atoms with Crippen LogP contribution in [0.15, 0.2) is 0 Å². The highest BCUT2D eigenvalue weighted by atomic mass is 35.5. The molecule has 0 aliphatic carbocycles. The van der Waals surface area contributed by atoms with Crippen LogP contribution in [0.1, 0.15) is 19.8 Å². The van der Waals surface area contributed by atoms with Gasteiger partial charge in [-0.05, 0) is 18.8 Å². The van der Waals surface area contributed by atoms with Crippen molar-refractivity contribution in [2.75, 3.05) is 11.6 Å². The Morgan fingerprint density at radius 2 is 2.00 bits per heavy atom. The molecule has 12 heavy (non-hydrogen) atoms. The molecular weight excluding hydrogens is 209 g/mol. The molecule has 0 aliphatic heterocycles. The van der Waals surface area contributed by atoms with Crippen molar-refractivity contribution in [1.82, 2.24) is 0 Å². The topological polar surface area (TPSA) is 0 Å². The third-order valence-electron chi connectivity index (χ3n) is 1.37. The molecule has 0 fully saturated rings. The van der Waals surface area contributed by atoms with Crippen LogP contribution in [-0.4, -0.2) is 17.1 Å². The van der Waals surface area contributed by atoms with Crippen LogP contribution < -0.4 is 0 Å². The van der Waals surface area contributed by atoms with Crippen molar-refractivity contribution in [1.29, 1.82) is 0 Å². The minimum absolute atomic E-state index is 0.0430. The molecule has 0 nitrogen and oxygen atoms in total. The van der Waals surface area contributed by atoms with Gasteiger partial charge >= 0.3 is 5.51 Å². The Kier molecular flexibility index (Phi) is 6.19. The van der Waals surface area contributed by atoms with Crippen LogP contribution in [0.4, 0.5) is 13.2 Å². The Morgan fingerprint density at radius 3 is 2.42 bits per heavy atom. The average Bonchev–Trinajstić information content (AvgIpc) is 1.96. The van der Waals surface area contributed by atoms with Crippen molar-refractivity contribution in [3.05, 3.63) is 0 Å². The van der Waals surface area contributed by atoms with Gasteiger partial charge in [0.25, 0.3) is 0 Å². The molecule has 0 aromatic heterocycles. The third-order valence-corrected chi connectivity index (χ3v) is 2.72. The lowest BCUT2D eigenvalue weighted by molar-refractivity contribution is -0.0328. The second-order valence-electron chi connectivity index (χ2n) is 2.70. The van der Waals surface area contributed by atoms with Crippen molar-refractivity contribution < 1.29 is 13.2 Å². The second kappa shape index (κ2) is 5.97. The van der Waals surface area contributed by atoms with Gasteiger partial charge in [0.05, 0.1) is 0 Å². The highest BCUT2D eigenvalue weighted by molar-refractivity contribution is 8.00. The predicted octanol–water partition coefficient (Wildman–Crippen LogP) is 3.89. The molecule has 5 heteroatoms. The van der Waals surface area contributed by atoms with Gasteiger partial charge in [0.15, 0.2) is 0 Å². The molecule has 0 heterocycles. The van der Waals surface area contributed by atoms with Crippen LogP contribution in [-0.2, 0) is 0 Å². The molecule has 0 saturated carbocycles. The van der Waals surface area contributed by atoms with Gasteiger partial charge in [0.1, 0.15) is 0 Å². The van der Waals surface area contributed by atoms with Crippen LogP contribution in [0, 0.1) is 5.92 Å². The van der Waals surface area contributed by atoms with Gasteiger partial charge in [-0.25, -0.2) is 0 Å². The summed E-state index contributed by atoms with van der Waals surface area (Å²) in [6, 6.07) is 0. The fourth-order valence-corrected chi connectivity index (χ4v) is 1.39. The predicted molar refractivity (Wildman–Crippen MR) is 47.6 cm³/mol. The van der Waals surface area contributed by atoms with Gasteiger partial charge in [-0.1, -0.05) is 18.7 Å². The molecule has 1 atom stereocenters. The Balaban J connectivity index is 3.22. The highest BCUT2D eigenvalue weighted by Crippen LogP contribution is 2.31. The Bertz CT molecular complexity index is 116. The largest absolute Gasteiger partial charge is 0.441 e. The second-order valence-corrected chi connectivity index (χ2v) is 4.16. The van der Waals surface area contributed by atoms with Crippen LogP contribution >= 0.6 is 23.4 Å². The Hall–Kier alpha value is 0.430. The van der Waals surface area contributed by atoms with Crippen molar-refractivity contribution >= 4 is 23.4 Å². The van der Waals surface area contributed by atoms with Crippen LogP contribution in [0.2, 0.25) is 0 Å². The quantitative estimate of drug-likeness (QED) is 0.500. The lowest BCUT2D eigenvalue weighted by atomic mass is 10.1. The normalized spacial score (nSPS) is 14.8. The zero-order valence-electron chi connectivity index (χ0n) is 6.83. The van der Waals surface area contributed by atoms with E-state index >= 15 is 0 Å². The van der Waals surface area contributed by atoms with Crippen LogP contribution in [0.5, 0.6) is 0 Å². The molecule has 0 aliphatic rings. The summed E-state index contributed by atoms with van der Waals surface area (Å²) in [5, 5.41) is 0. The van der Waals surface area contributed by atoms with E-state index in [9.17, 15) is 13.2 Å². The van der Waals surface area contributed by atoms with Gasteiger partial charge in [-0.15, -0.1) is 11.6 Å². The summed E-state index contributed by atoms with van der Waals surface area (Å²) in [7, 11) is 0. The molecule has 0 bridgehead atoms. The molecule has 74 valence electrons. The summed E-state index contributed by atoms with van der Waals surface area (Å²) in [4.78, 5) is 0. The minimum atomic E-state index is -4.08. The van der Waals surface area contributed by atoms with E-state index in [1.165, 1.54) is 0 Å².